The number of hydrogen-bond donors (Lipinski definition) is 1. The van der Waals surface area contributed by atoms with E-state index in [-0.39, 0.29) is 36.0 Å². The van der Waals surface area contributed by atoms with E-state index in [9.17, 15) is 22.4 Å². The Labute approximate surface area is 154 Å². The van der Waals surface area contributed by atoms with Gasteiger partial charge < -0.3 is 10.0 Å². The van der Waals surface area contributed by atoms with Crippen molar-refractivity contribution in [3.63, 3.8) is 0 Å². The minimum atomic E-state index is -3.19. The molecule has 0 aliphatic carbocycles. The summed E-state index contributed by atoms with van der Waals surface area (Å²) >= 11 is 1.20. The first-order valence-electron chi connectivity index (χ1n) is 8.00. The molecule has 1 N–H and O–H groups in total. The number of nitrogens with zero attached hydrogens (tertiary/aromatic N) is 2. The van der Waals surface area contributed by atoms with Crippen LogP contribution in [0.5, 0.6) is 0 Å². The number of aliphatic imine (C=N–C) groups is 1. The lowest BCUT2D eigenvalue weighted by Crippen LogP contribution is -2.37. The quantitative estimate of drug-likeness (QED) is 0.802. The Morgan fingerprint density at radius 1 is 1.31 bits per heavy atom. The summed E-state index contributed by atoms with van der Waals surface area (Å²) in [6.45, 7) is 0. The average Bonchev–Trinajstić information content (AvgIpc) is 2.97. The van der Waals surface area contributed by atoms with Gasteiger partial charge in [0, 0.05) is 23.8 Å². The standard InChI is InChI=1S/C16H17FN2O5S2/c17-10-3-1-4-11(7-10)19-12-8-26(23,24)9-13(12)25-16(19)18-14(20)5-2-6-15(21)22/h1,3-4,7,12-13H,2,5-6,8-9H2,(H,21,22)/t12-,13-/m1/s1. The zero-order valence-electron chi connectivity index (χ0n) is 13.7. The molecule has 1 aromatic carbocycles. The van der Waals surface area contributed by atoms with Crippen LogP contribution in [0.4, 0.5) is 10.1 Å². The molecule has 3 rings (SSSR count). The molecular weight excluding hydrogens is 383 g/mol. The minimum absolute atomic E-state index is 0.0129. The molecule has 2 heterocycles. The maximum Gasteiger partial charge on any atom is 0.303 e. The predicted molar refractivity (Wildman–Crippen MR) is 96.6 cm³/mol. The summed E-state index contributed by atoms with van der Waals surface area (Å²) in [5.41, 5.74) is 0.444. The third kappa shape index (κ3) is 4.24. The second kappa shape index (κ2) is 7.36. The maximum absolute atomic E-state index is 13.6. The zero-order chi connectivity index (χ0) is 18.9. The van der Waals surface area contributed by atoms with E-state index < -0.39 is 33.6 Å². The molecule has 1 aromatic rings. The number of halogens is 1. The summed E-state index contributed by atoms with van der Waals surface area (Å²) in [6, 6.07) is 5.30. The smallest absolute Gasteiger partial charge is 0.303 e. The Hall–Kier alpha value is -1.94. The highest BCUT2D eigenvalue weighted by atomic mass is 32.2. The van der Waals surface area contributed by atoms with Gasteiger partial charge in [-0.15, -0.1) is 0 Å². The van der Waals surface area contributed by atoms with Crippen molar-refractivity contribution in [2.75, 3.05) is 16.4 Å². The fourth-order valence-electron chi connectivity index (χ4n) is 3.05. The number of carboxylic acid groups (broad SMARTS) is 1. The van der Waals surface area contributed by atoms with Crippen molar-refractivity contribution in [2.45, 2.75) is 30.6 Å². The number of carbonyl (C=O) groups excluding carboxylic acids is 1. The van der Waals surface area contributed by atoms with E-state index in [1.165, 1.54) is 30.0 Å². The number of carbonyl (C=O) groups is 2. The number of fused-ring (bicyclic) bond motifs is 1. The van der Waals surface area contributed by atoms with Crippen LogP contribution in [0.25, 0.3) is 0 Å². The van der Waals surface area contributed by atoms with E-state index in [0.717, 1.165) is 0 Å². The first kappa shape index (κ1) is 18.8. The summed E-state index contributed by atoms with van der Waals surface area (Å²) in [7, 11) is -3.19. The second-order valence-corrected chi connectivity index (χ2v) is 9.55. The highest BCUT2D eigenvalue weighted by molar-refractivity contribution is 8.16. The van der Waals surface area contributed by atoms with Crippen LogP contribution in [0.2, 0.25) is 0 Å². The number of benzene rings is 1. The zero-order valence-corrected chi connectivity index (χ0v) is 15.3. The lowest BCUT2D eigenvalue weighted by molar-refractivity contribution is -0.137. The van der Waals surface area contributed by atoms with E-state index >= 15 is 0 Å². The van der Waals surface area contributed by atoms with Crippen LogP contribution in [-0.2, 0) is 19.4 Å². The van der Waals surface area contributed by atoms with Gasteiger partial charge in [-0.3, -0.25) is 9.59 Å². The van der Waals surface area contributed by atoms with Crippen LogP contribution in [0.3, 0.4) is 0 Å². The van der Waals surface area contributed by atoms with E-state index in [0.29, 0.717) is 10.9 Å². The molecule has 2 saturated heterocycles. The van der Waals surface area contributed by atoms with Gasteiger partial charge in [0.15, 0.2) is 15.0 Å². The number of hydrogen-bond acceptors (Lipinski definition) is 5. The molecule has 0 unspecified atom stereocenters. The Morgan fingerprint density at radius 2 is 2.08 bits per heavy atom. The summed E-state index contributed by atoms with van der Waals surface area (Å²) in [4.78, 5) is 28.3. The molecule has 0 bridgehead atoms. The van der Waals surface area contributed by atoms with Gasteiger partial charge in [-0.1, -0.05) is 17.8 Å². The average molecular weight is 400 g/mol. The van der Waals surface area contributed by atoms with Crippen molar-refractivity contribution < 1.29 is 27.5 Å². The van der Waals surface area contributed by atoms with Crippen LogP contribution in [0.1, 0.15) is 19.3 Å². The molecule has 2 aliphatic heterocycles. The van der Waals surface area contributed by atoms with Gasteiger partial charge >= 0.3 is 5.97 Å². The fraction of sp³-hybridized carbons (Fsp3) is 0.438. The number of rotatable bonds is 5. The Bertz CT molecular complexity index is 871. The second-order valence-electron chi connectivity index (χ2n) is 6.19. The van der Waals surface area contributed by atoms with Gasteiger partial charge in [0.1, 0.15) is 5.82 Å². The third-order valence-electron chi connectivity index (χ3n) is 4.15. The van der Waals surface area contributed by atoms with Crippen molar-refractivity contribution in [1.29, 1.82) is 0 Å². The predicted octanol–water partition coefficient (Wildman–Crippen LogP) is 1.68. The van der Waals surface area contributed by atoms with Gasteiger partial charge in [0.2, 0.25) is 5.91 Å². The normalized spacial score (nSPS) is 25.4. The molecule has 0 saturated carbocycles. The van der Waals surface area contributed by atoms with Crippen molar-refractivity contribution in [2.24, 2.45) is 4.99 Å². The van der Waals surface area contributed by atoms with Crippen LogP contribution >= 0.6 is 11.8 Å². The molecule has 140 valence electrons. The number of anilines is 1. The van der Waals surface area contributed by atoms with Crippen LogP contribution in [-0.4, -0.2) is 53.4 Å². The Balaban J connectivity index is 1.85. The van der Waals surface area contributed by atoms with E-state index in [2.05, 4.69) is 4.99 Å². The molecule has 1 amide bonds. The van der Waals surface area contributed by atoms with Crippen molar-refractivity contribution in [1.82, 2.24) is 0 Å². The van der Waals surface area contributed by atoms with E-state index in [4.69, 9.17) is 5.11 Å². The van der Waals surface area contributed by atoms with Gasteiger partial charge in [-0.2, -0.15) is 4.99 Å². The fourth-order valence-corrected chi connectivity index (χ4v) is 6.98. The number of thioether (sulfide) groups is 1. The Kier molecular flexibility index (Phi) is 5.33. The van der Waals surface area contributed by atoms with Crippen molar-refractivity contribution >= 4 is 44.3 Å². The molecule has 26 heavy (non-hydrogen) atoms. The van der Waals surface area contributed by atoms with Crippen LogP contribution < -0.4 is 4.90 Å². The first-order valence-corrected chi connectivity index (χ1v) is 10.7. The molecule has 10 heteroatoms. The molecule has 0 spiro atoms. The summed E-state index contributed by atoms with van der Waals surface area (Å²) in [6.07, 6.45) is 0.0403. The number of aliphatic carboxylic acids is 1. The molecule has 0 aromatic heterocycles. The minimum Gasteiger partial charge on any atom is -0.481 e. The first-order chi connectivity index (χ1) is 12.2. The number of amidine groups is 1. The summed E-state index contributed by atoms with van der Waals surface area (Å²) in [5, 5.41) is 8.70. The third-order valence-corrected chi connectivity index (χ3v) is 7.36. The molecule has 2 fully saturated rings. The Morgan fingerprint density at radius 3 is 2.77 bits per heavy atom. The maximum atomic E-state index is 13.6. The van der Waals surface area contributed by atoms with Gasteiger partial charge in [0.25, 0.3) is 0 Å². The lowest BCUT2D eigenvalue weighted by Gasteiger charge is -2.24. The van der Waals surface area contributed by atoms with Gasteiger partial charge in [-0.05, 0) is 24.6 Å². The largest absolute Gasteiger partial charge is 0.481 e. The summed E-state index contributed by atoms with van der Waals surface area (Å²) in [5.74, 6) is -2.02. The molecule has 2 aliphatic rings. The number of carboxylic acids is 1. The molecular formula is C16H17FN2O5S2. The molecule has 0 radical (unpaired) electrons. The molecule has 2 atom stereocenters. The van der Waals surface area contributed by atoms with Crippen LogP contribution in [0.15, 0.2) is 29.3 Å². The van der Waals surface area contributed by atoms with E-state index in [1.54, 1.807) is 11.0 Å². The van der Waals surface area contributed by atoms with Crippen molar-refractivity contribution in [3.05, 3.63) is 30.1 Å². The summed E-state index contributed by atoms with van der Waals surface area (Å²) < 4.78 is 37.5. The van der Waals surface area contributed by atoms with Crippen molar-refractivity contribution in [3.8, 4) is 0 Å². The monoisotopic (exact) mass is 400 g/mol. The van der Waals surface area contributed by atoms with Gasteiger partial charge in [0.05, 0.1) is 17.5 Å². The topological polar surface area (TPSA) is 104 Å². The highest BCUT2D eigenvalue weighted by Crippen LogP contribution is 2.41. The lowest BCUT2D eigenvalue weighted by atomic mass is 10.2. The van der Waals surface area contributed by atoms with Gasteiger partial charge in [-0.25, -0.2) is 12.8 Å². The number of amides is 1. The van der Waals surface area contributed by atoms with Crippen LogP contribution in [0, 0.1) is 5.82 Å². The highest BCUT2D eigenvalue weighted by Gasteiger charge is 2.49. The number of sulfone groups is 1. The molecule has 7 nitrogen and oxygen atoms in total. The SMILES string of the molecule is O=C(O)CCCC(=O)N=C1S[C@@H]2CS(=O)(=O)C[C@H]2N1c1cccc(F)c1. The van der Waals surface area contributed by atoms with E-state index in [1.807, 2.05) is 0 Å².